The van der Waals surface area contributed by atoms with Gasteiger partial charge in [0.1, 0.15) is 11.8 Å². The highest BCUT2D eigenvalue weighted by atomic mass is 16.4. The van der Waals surface area contributed by atoms with Gasteiger partial charge in [-0.2, -0.15) is 0 Å². The summed E-state index contributed by atoms with van der Waals surface area (Å²) in [5.41, 5.74) is 0.676. The van der Waals surface area contributed by atoms with Crippen LogP contribution in [0, 0.1) is 5.92 Å². The number of carboxylic acids is 3. The standard InChI is InChI=1S/C24H35N3O7/c1-16(2)21(28)11-10-20(24(33)34)27(15-23(31)32)19-9-4-3-8-18(19)26(14-22(29)30)13-17-7-5-6-12-25-17/h5-7,12,16,18-20H,3-4,8-11,13-15H2,1-2H3,(H,29,30)(H,31,32)(H,33,34)/t18-,19?,20?/m0/s1. The highest BCUT2D eigenvalue weighted by Crippen LogP contribution is 2.30. The largest absolute Gasteiger partial charge is 0.480 e. The van der Waals surface area contributed by atoms with Crippen LogP contribution in [-0.2, 0) is 25.7 Å². The molecule has 3 N–H and O–H groups in total. The summed E-state index contributed by atoms with van der Waals surface area (Å²) in [5.74, 6) is -3.70. The number of hydrogen-bond acceptors (Lipinski definition) is 7. The highest BCUT2D eigenvalue weighted by Gasteiger charge is 2.41. The first kappa shape index (κ1) is 27.4. The molecule has 1 aliphatic carbocycles. The lowest BCUT2D eigenvalue weighted by atomic mass is 9.86. The van der Waals surface area contributed by atoms with Gasteiger partial charge in [-0.25, -0.2) is 0 Å². The fourth-order valence-corrected chi connectivity index (χ4v) is 4.68. The van der Waals surface area contributed by atoms with Crippen LogP contribution >= 0.6 is 0 Å². The van der Waals surface area contributed by atoms with Gasteiger partial charge >= 0.3 is 17.9 Å². The number of carbonyl (C=O) groups excluding carboxylic acids is 1. The summed E-state index contributed by atoms with van der Waals surface area (Å²) in [7, 11) is 0. The number of rotatable bonds is 14. The number of ketones is 1. The first-order chi connectivity index (χ1) is 16.1. The molecule has 3 atom stereocenters. The average Bonchev–Trinajstić information content (AvgIpc) is 2.77. The second kappa shape index (κ2) is 13.1. The van der Waals surface area contributed by atoms with Crippen molar-refractivity contribution in [2.24, 2.45) is 5.92 Å². The first-order valence-corrected chi connectivity index (χ1v) is 11.7. The van der Waals surface area contributed by atoms with E-state index in [0.717, 1.165) is 12.8 Å². The summed E-state index contributed by atoms with van der Waals surface area (Å²) in [4.78, 5) is 55.3. The summed E-state index contributed by atoms with van der Waals surface area (Å²) >= 11 is 0. The van der Waals surface area contributed by atoms with E-state index < -0.39 is 36.5 Å². The second-order valence-electron chi connectivity index (χ2n) is 9.12. The third-order valence-electron chi connectivity index (χ3n) is 6.33. The molecule has 0 bridgehead atoms. The van der Waals surface area contributed by atoms with Gasteiger partial charge in [-0.15, -0.1) is 0 Å². The van der Waals surface area contributed by atoms with E-state index >= 15 is 0 Å². The lowest BCUT2D eigenvalue weighted by molar-refractivity contribution is -0.151. The van der Waals surface area contributed by atoms with Gasteiger partial charge in [0, 0.05) is 37.2 Å². The summed E-state index contributed by atoms with van der Waals surface area (Å²) in [6, 6.07) is 3.35. The maximum atomic E-state index is 12.2. The molecule has 188 valence electrons. The maximum Gasteiger partial charge on any atom is 0.320 e. The van der Waals surface area contributed by atoms with Crippen LogP contribution in [0.25, 0.3) is 0 Å². The van der Waals surface area contributed by atoms with Crippen molar-refractivity contribution in [2.75, 3.05) is 13.1 Å². The number of carboxylic acid groups (broad SMARTS) is 3. The zero-order valence-electron chi connectivity index (χ0n) is 19.8. The Morgan fingerprint density at radius 1 is 1.00 bits per heavy atom. The number of hydrogen-bond donors (Lipinski definition) is 3. The van der Waals surface area contributed by atoms with E-state index in [1.54, 1.807) is 37.1 Å². The molecular formula is C24H35N3O7. The maximum absolute atomic E-state index is 12.2. The monoisotopic (exact) mass is 477 g/mol. The Morgan fingerprint density at radius 3 is 2.18 bits per heavy atom. The molecule has 0 saturated heterocycles. The van der Waals surface area contributed by atoms with Gasteiger partial charge < -0.3 is 15.3 Å². The minimum Gasteiger partial charge on any atom is -0.480 e. The Kier molecular flexibility index (Phi) is 10.6. The summed E-state index contributed by atoms with van der Waals surface area (Å²) in [6.07, 6.45) is 4.41. The van der Waals surface area contributed by atoms with E-state index in [1.807, 2.05) is 6.07 Å². The zero-order chi connectivity index (χ0) is 25.3. The molecule has 0 aromatic carbocycles. The lowest BCUT2D eigenvalue weighted by Gasteiger charge is -2.46. The van der Waals surface area contributed by atoms with Gasteiger partial charge in [0.2, 0.25) is 0 Å². The Morgan fingerprint density at radius 2 is 1.65 bits per heavy atom. The van der Waals surface area contributed by atoms with Crippen LogP contribution in [0.3, 0.4) is 0 Å². The predicted octanol–water partition coefficient (Wildman–Crippen LogP) is 2.12. The molecule has 1 saturated carbocycles. The van der Waals surface area contributed by atoms with E-state index in [4.69, 9.17) is 0 Å². The van der Waals surface area contributed by atoms with Crippen molar-refractivity contribution < 1.29 is 34.5 Å². The number of nitrogens with zero attached hydrogens (tertiary/aromatic N) is 3. The summed E-state index contributed by atoms with van der Waals surface area (Å²) in [5, 5.41) is 29.1. The fraction of sp³-hybridized carbons (Fsp3) is 0.625. The fourth-order valence-electron chi connectivity index (χ4n) is 4.68. The minimum absolute atomic E-state index is 0.00200. The first-order valence-electron chi connectivity index (χ1n) is 11.7. The number of Topliss-reactive ketones (excluding diaryl/α,β-unsaturated/α-hetero) is 1. The molecule has 0 radical (unpaired) electrons. The number of aromatic nitrogens is 1. The molecule has 1 aromatic rings. The summed E-state index contributed by atoms with van der Waals surface area (Å²) < 4.78 is 0. The quantitative estimate of drug-likeness (QED) is 0.364. The highest BCUT2D eigenvalue weighted by molar-refractivity contribution is 5.82. The van der Waals surface area contributed by atoms with E-state index in [9.17, 15) is 34.5 Å². The van der Waals surface area contributed by atoms with E-state index in [-0.39, 0.29) is 43.7 Å². The lowest BCUT2D eigenvalue weighted by Crippen LogP contribution is -2.59. The Hall–Kier alpha value is -2.85. The molecule has 10 heteroatoms. The Balaban J connectivity index is 2.38. The van der Waals surface area contributed by atoms with Crippen LogP contribution in [0.15, 0.2) is 24.4 Å². The molecule has 1 fully saturated rings. The van der Waals surface area contributed by atoms with Gasteiger partial charge in [0.05, 0.1) is 18.8 Å². The number of carbonyl (C=O) groups is 4. The third-order valence-corrected chi connectivity index (χ3v) is 6.33. The van der Waals surface area contributed by atoms with Crippen LogP contribution in [-0.4, -0.2) is 85.0 Å². The molecule has 2 rings (SSSR count). The topological polar surface area (TPSA) is 148 Å². The van der Waals surface area contributed by atoms with E-state index in [2.05, 4.69) is 4.98 Å². The SMILES string of the molecule is CC(C)C(=O)CCC(C(=O)O)N(CC(=O)O)C1CCCC[C@@H]1N(CC(=O)O)Cc1ccccn1. The van der Waals surface area contributed by atoms with Crippen molar-refractivity contribution in [3.05, 3.63) is 30.1 Å². The molecule has 1 aromatic heterocycles. The molecule has 0 aliphatic heterocycles. The van der Waals surface area contributed by atoms with Gasteiger partial charge in [-0.05, 0) is 31.4 Å². The van der Waals surface area contributed by atoms with Crippen LogP contribution in [0.2, 0.25) is 0 Å². The van der Waals surface area contributed by atoms with Crippen LogP contribution in [0.1, 0.15) is 58.1 Å². The zero-order valence-corrected chi connectivity index (χ0v) is 19.8. The van der Waals surface area contributed by atoms with E-state index in [0.29, 0.717) is 18.5 Å². The van der Waals surface area contributed by atoms with Crippen molar-refractivity contribution in [3.8, 4) is 0 Å². The Bertz CT molecular complexity index is 846. The van der Waals surface area contributed by atoms with Crippen molar-refractivity contribution in [1.82, 2.24) is 14.8 Å². The molecule has 0 spiro atoms. The van der Waals surface area contributed by atoms with Gasteiger partial charge in [-0.3, -0.25) is 34.0 Å². The number of pyridine rings is 1. The molecule has 2 unspecified atom stereocenters. The summed E-state index contributed by atoms with van der Waals surface area (Å²) in [6.45, 7) is 2.96. The van der Waals surface area contributed by atoms with Crippen molar-refractivity contribution >= 4 is 23.7 Å². The van der Waals surface area contributed by atoms with Gasteiger partial charge in [-0.1, -0.05) is 32.8 Å². The van der Waals surface area contributed by atoms with Crippen LogP contribution in [0.4, 0.5) is 0 Å². The molecule has 1 heterocycles. The van der Waals surface area contributed by atoms with E-state index in [1.165, 1.54) is 4.90 Å². The molecule has 34 heavy (non-hydrogen) atoms. The van der Waals surface area contributed by atoms with Gasteiger partial charge in [0.15, 0.2) is 0 Å². The molecule has 1 aliphatic rings. The van der Waals surface area contributed by atoms with Crippen LogP contribution < -0.4 is 0 Å². The van der Waals surface area contributed by atoms with Crippen molar-refractivity contribution in [1.29, 1.82) is 0 Å². The minimum atomic E-state index is -1.18. The van der Waals surface area contributed by atoms with Crippen LogP contribution in [0.5, 0.6) is 0 Å². The van der Waals surface area contributed by atoms with Gasteiger partial charge in [0.25, 0.3) is 0 Å². The Labute approximate surface area is 199 Å². The average molecular weight is 478 g/mol. The molecule has 0 amide bonds. The predicted molar refractivity (Wildman–Crippen MR) is 123 cm³/mol. The third kappa shape index (κ3) is 8.18. The number of aliphatic carboxylic acids is 3. The van der Waals surface area contributed by atoms with Crippen molar-refractivity contribution in [2.45, 2.75) is 77.0 Å². The molecular weight excluding hydrogens is 442 g/mol. The normalized spacial score (nSPS) is 19.3. The molecule has 10 nitrogen and oxygen atoms in total. The second-order valence-corrected chi connectivity index (χ2v) is 9.12. The smallest absolute Gasteiger partial charge is 0.320 e. The van der Waals surface area contributed by atoms with Crippen molar-refractivity contribution in [3.63, 3.8) is 0 Å².